The summed E-state index contributed by atoms with van der Waals surface area (Å²) in [5.41, 5.74) is 0.678. The van der Waals surface area contributed by atoms with Crippen LogP contribution in [0.3, 0.4) is 0 Å². The van der Waals surface area contributed by atoms with Crippen molar-refractivity contribution in [1.29, 1.82) is 0 Å². The number of carbonyl (C=O) groups is 1. The van der Waals surface area contributed by atoms with Crippen LogP contribution in [0.4, 0.5) is 0 Å². The summed E-state index contributed by atoms with van der Waals surface area (Å²) in [5.74, 6) is 5.38. The van der Waals surface area contributed by atoms with Gasteiger partial charge >= 0.3 is 5.97 Å². The largest absolute Gasteiger partial charge is 0.465 e. The molecule has 1 aromatic heterocycles. The summed E-state index contributed by atoms with van der Waals surface area (Å²) in [4.78, 5) is 11.7. The molecule has 0 radical (unpaired) electrons. The van der Waals surface area contributed by atoms with Gasteiger partial charge in [-0.15, -0.1) is 22.9 Å². The Kier molecular flexibility index (Phi) is 3.81. The molecular weight excluding hydrogens is 208 g/mol. The van der Waals surface area contributed by atoms with Crippen molar-refractivity contribution >= 4 is 28.9 Å². The molecule has 0 atom stereocenters. The van der Waals surface area contributed by atoms with Gasteiger partial charge in [0.1, 0.15) is 4.88 Å². The van der Waals surface area contributed by atoms with Crippen LogP contribution in [0.5, 0.6) is 0 Å². The van der Waals surface area contributed by atoms with Crippen molar-refractivity contribution in [3.8, 4) is 11.8 Å². The Bertz CT molecular complexity index is 359. The maximum absolute atomic E-state index is 11.1. The van der Waals surface area contributed by atoms with Gasteiger partial charge in [-0.2, -0.15) is 0 Å². The van der Waals surface area contributed by atoms with E-state index >= 15 is 0 Å². The Hall–Kier alpha value is -0.980. The minimum Gasteiger partial charge on any atom is -0.465 e. The molecule has 1 aromatic rings. The summed E-state index contributed by atoms with van der Waals surface area (Å²) in [6.07, 6.45) is 0. The fourth-order valence-corrected chi connectivity index (χ4v) is 1.62. The number of ether oxygens (including phenoxy) is 1. The van der Waals surface area contributed by atoms with Gasteiger partial charge in [0.05, 0.1) is 13.0 Å². The quantitative estimate of drug-likeness (QED) is 0.407. The predicted molar refractivity (Wildman–Crippen MR) is 53.3 cm³/mol. The number of thiophene rings is 1. The van der Waals surface area contributed by atoms with E-state index in [-0.39, 0.29) is 11.8 Å². The van der Waals surface area contributed by atoms with Crippen molar-refractivity contribution < 1.29 is 9.53 Å². The number of alkyl halides is 1. The van der Waals surface area contributed by atoms with Crippen molar-refractivity contribution in [2.24, 2.45) is 0 Å². The summed E-state index contributed by atoms with van der Waals surface area (Å²) in [7, 11) is 1.35. The molecule has 0 aliphatic carbocycles. The average molecular weight is 215 g/mol. The molecule has 0 aliphatic rings. The van der Waals surface area contributed by atoms with Crippen LogP contribution in [0.2, 0.25) is 0 Å². The zero-order chi connectivity index (χ0) is 9.68. The van der Waals surface area contributed by atoms with E-state index in [0.29, 0.717) is 10.4 Å². The van der Waals surface area contributed by atoms with E-state index in [9.17, 15) is 4.79 Å². The molecule has 2 nitrogen and oxygen atoms in total. The highest BCUT2D eigenvalue weighted by Crippen LogP contribution is 2.16. The monoisotopic (exact) mass is 214 g/mol. The van der Waals surface area contributed by atoms with Crippen molar-refractivity contribution in [1.82, 2.24) is 0 Å². The summed E-state index contributed by atoms with van der Waals surface area (Å²) in [6, 6.07) is 1.77. The molecule has 0 saturated carbocycles. The van der Waals surface area contributed by atoms with Crippen LogP contribution in [0.25, 0.3) is 0 Å². The topological polar surface area (TPSA) is 26.3 Å². The Morgan fingerprint density at radius 3 is 3.15 bits per heavy atom. The van der Waals surface area contributed by atoms with Crippen molar-refractivity contribution in [2.75, 3.05) is 13.0 Å². The third kappa shape index (κ3) is 2.48. The number of esters is 1. The van der Waals surface area contributed by atoms with E-state index in [1.807, 2.05) is 0 Å². The van der Waals surface area contributed by atoms with Gasteiger partial charge in [-0.3, -0.25) is 0 Å². The number of hydrogen-bond acceptors (Lipinski definition) is 3. The fraction of sp³-hybridized carbons (Fsp3) is 0.222. The number of hydrogen-bond donors (Lipinski definition) is 0. The SMILES string of the molecule is COC(=O)c1sccc1C#CCCl. The minimum absolute atomic E-state index is 0.260. The van der Waals surface area contributed by atoms with Gasteiger partial charge in [-0.25, -0.2) is 4.79 Å². The second-order valence-corrected chi connectivity index (χ2v) is 3.27. The van der Waals surface area contributed by atoms with E-state index in [4.69, 9.17) is 11.6 Å². The smallest absolute Gasteiger partial charge is 0.349 e. The summed E-state index contributed by atoms with van der Waals surface area (Å²) >= 11 is 6.71. The Labute approximate surface area is 85.5 Å². The lowest BCUT2D eigenvalue weighted by atomic mass is 10.2. The van der Waals surface area contributed by atoms with Gasteiger partial charge in [-0.1, -0.05) is 11.8 Å². The van der Waals surface area contributed by atoms with Gasteiger partial charge in [0, 0.05) is 5.56 Å². The third-order valence-electron chi connectivity index (χ3n) is 1.33. The highest BCUT2D eigenvalue weighted by atomic mass is 35.5. The summed E-state index contributed by atoms with van der Waals surface area (Å²) in [6.45, 7) is 0. The maximum atomic E-state index is 11.1. The van der Waals surface area contributed by atoms with Gasteiger partial charge in [0.2, 0.25) is 0 Å². The summed E-state index contributed by atoms with van der Waals surface area (Å²) < 4.78 is 4.59. The van der Waals surface area contributed by atoms with E-state index in [0.717, 1.165) is 0 Å². The van der Waals surface area contributed by atoms with Crippen LogP contribution in [0, 0.1) is 11.8 Å². The van der Waals surface area contributed by atoms with E-state index in [1.54, 1.807) is 11.4 Å². The Morgan fingerprint density at radius 2 is 2.54 bits per heavy atom. The zero-order valence-corrected chi connectivity index (χ0v) is 8.54. The number of methoxy groups -OCH3 is 1. The molecule has 0 amide bonds. The molecule has 4 heteroatoms. The normalized spacial score (nSPS) is 8.77. The van der Waals surface area contributed by atoms with Crippen LogP contribution in [-0.4, -0.2) is 19.0 Å². The van der Waals surface area contributed by atoms with E-state index < -0.39 is 0 Å². The van der Waals surface area contributed by atoms with Crippen molar-refractivity contribution in [3.05, 3.63) is 21.9 Å². The standard InChI is InChI=1S/C9H7ClO2S/c1-12-9(11)8-7(3-2-5-10)4-6-13-8/h4,6H,5H2,1H3. The van der Waals surface area contributed by atoms with Crippen LogP contribution in [0.15, 0.2) is 11.4 Å². The molecule has 0 spiro atoms. The van der Waals surface area contributed by atoms with Crippen LogP contribution in [0.1, 0.15) is 15.2 Å². The lowest BCUT2D eigenvalue weighted by Crippen LogP contribution is -1.99. The Balaban J connectivity index is 2.96. The lowest BCUT2D eigenvalue weighted by molar-refractivity contribution is 0.0606. The molecule has 0 bridgehead atoms. The molecule has 0 unspecified atom stereocenters. The second-order valence-electron chi connectivity index (χ2n) is 2.09. The van der Waals surface area contributed by atoms with E-state index in [2.05, 4.69) is 16.6 Å². The molecular formula is C9H7ClO2S. The van der Waals surface area contributed by atoms with Gasteiger partial charge in [0.15, 0.2) is 0 Å². The fourth-order valence-electron chi connectivity index (χ4n) is 0.787. The predicted octanol–water partition coefficient (Wildman–Crippen LogP) is 2.12. The number of halogens is 1. The van der Waals surface area contributed by atoms with Crippen molar-refractivity contribution in [2.45, 2.75) is 0 Å². The first-order valence-electron chi connectivity index (χ1n) is 3.50. The van der Waals surface area contributed by atoms with Crippen LogP contribution >= 0.6 is 22.9 Å². The number of carbonyl (C=O) groups excluding carboxylic acids is 1. The Morgan fingerprint density at radius 1 is 1.77 bits per heavy atom. The lowest BCUT2D eigenvalue weighted by Gasteiger charge is -1.94. The van der Waals surface area contributed by atoms with Gasteiger partial charge < -0.3 is 4.74 Å². The molecule has 1 rings (SSSR count). The first-order valence-corrected chi connectivity index (χ1v) is 4.91. The molecule has 0 aromatic carbocycles. The first kappa shape index (κ1) is 10.1. The molecule has 0 aliphatic heterocycles. The molecule has 0 fully saturated rings. The maximum Gasteiger partial charge on any atom is 0.349 e. The van der Waals surface area contributed by atoms with Crippen molar-refractivity contribution in [3.63, 3.8) is 0 Å². The molecule has 13 heavy (non-hydrogen) atoms. The molecule has 0 N–H and O–H groups in total. The molecule has 0 saturated heterocycles. The van der Waals surface area contributed by atoms with E-state index in [1.165, 1.54) is 18.4 Å². The van der Waals surface area contributed by atoms with Gasteiger partial charge in [0.25, 0.3) is 0 Å². The minimum atomic E-state index is -0.353. The molecule has 68 valence electrons. The average Bonchev–Trinajstić information content (AvgIpc) is 2.61. The third-order valence-corrected chi connectivity index (χ3v) is 2.35. The summed E-state index contributed by atoms with van der Waals surface area (Å²) in [5, 5.41) is 1.80. The highest BCUT2D eigenvalue weighted by molar-refractivity contribution is 7.12. The highest BCUT2D eigenvalue weighted by Gasteiger charge is 2.11. The van der Waals surface area contributed by atoms with Gasteiger partial charge in [-0.05, 0) is 11.4 Å². The number of rotatable bonds is 1. The van der Waals surface area contributed by atoms with Crippen LogP contribution < -0.4 is 0 Å². The van der Waals surface area contributed by atoms with Crippen LogP contribution in [-0.2, 0) is 4.74 Å². The molecule has 1 heterocycles. The second kappa shape index (κ2) is 4.90. The zero-order valence-electron chi connectivity index (χ0n) is 6.96. The first-order chi connectivity index (χ1) is 6.29.